The van der Waals surface area contributed by atoms with Crippen LogP contribution in [0.5, 0.6) is 0 Å². The highest BCUT2D eigenvalue weighted by atomic mass is 32.2. The van der Waals surface area contributed by atoms with E-state index in [0.29, 0.717) is 0 Å². The largest absolute Gasteiger partial charge is 0.493 e. The van der Waals surface area contributed by atoms with Crippen LogP contribution < -0.4 is 0 Å². The maximum Gasteiger partial charge on any atom is 0.202 e. The lowest BCUT2D eigenvalue weighted by molar-refractivity contribution is 0.171. The molecule has 1 aliphatic carbocycles. The average Bonchev–Trinajstić information content (AvgIpc) is 2.41. The van der Waals surface area contributed by atoms with Crippen molar-refractivity contribution in [3.8, 4) is 0 Å². The Morgan fingerprint density at radius 1 is 1.22 bits per heavy atom. The summed E-state index contributed by atoms with van der Waals surface area (Å²) in [7, 11) is -3.39. The number of rotatable bonds is 4. The van der Waals surface area contributed by atoms with Crippen LogP contribution in [0.3, 0.4) is 0 Å². The maximum absolute atomic E-state index is 11.9. The molecule has 18 heavy (non-hydrogen) atoms. The van der Waals surface area contributed by atoms with Crippen molar-refractivity contribution in [2.45, 2.75) is 30.3 Å². The highest BCUT2D eigenvalue weighted by molar-refractivity contribution is 7.94. The minimum absolute atomic E-state index is 0.000901. The van der Waals surface area contributed by atoms with E-state index in [0.717, 1.165) is 24.7 Å². The van der Waals surface area contributed by atoms with Gasteiger partial charge in [-0.05, 0) is 37.5 Å². The molecule has 0 amide bonds. The Morgan fingerprint density at radius 3 is 2.67 bits per heavy atom. The van der Waals surface area contributed by atoms with E-state index in [9.17, 15) is 8.42 Å². The van der Waals surface area contributed by atoms with Crippen molar-refractivity contribution in [2.24, 2.45) is 0 Å². The number of ether oxygens (including phenoxy) is 1. The molecule has 1 atom stereocenters. The van der Waals surface area contributed by atoms with E-state index in [1.165, 1.54) is 6.26 Å². The van der Waals surface area contributed by atoms with Gasteiger partial charge in [-0.2, -0.15) is 0 Å². The molecule has 0 spiro atoms. The molecule has 1 aromatic rings. The lowest BCUT2D eigenvalue weighted by Crippen LogP contribution is -2.09. The fourth-order valence-electron chi connectivity index (χ4n) is 1.79. The third kappa shape index (κ3) is 3.47. The normalized spacial score (nSPS) is 20.1. The summed E-state index contributed by atoms with van der Waals surface area (Å²) in [5, 5.41) is 1.12. The fraction of sp³-hybridized carbons (Fsp3) is 0.286. The molecule has 0 heterocycles. The molecule has 0 aliphatic heterocycles. The number of benzene rings is 1. The van der Waals surface area contributed by atoms with E-state index < -0.39 is 9.84 Å². The average molecular weight is 264 g/mol. The Labute approximate surface area is 108 Å². The first-order chi connectivity index (χ1) is 8.68. The van der Waals surface area contributed by atoms with Gasteiger partial charge in [-0.1, -0.05) is 24.3 Å². The quantitative estimate of drug-likeness (QED) is 0.620. The first-order valence-electron chi connectivity index (χ1n) is 5.97. The molecule has 96 valence electrons. The maximum atomic E-state index is 11.9. The predicted molar refractivity (Wildman–Crippen MR) is 70.6 cm³/mol. The summed E-state index contributed by atoms with van der Waals surface area (Å²) >= 11 is 0. The van der Waals surface area contributed by atoms with Gasteiger partial charge >= 0.3 is 0 Å². The molecular weight excluding hydrogens is 248 g/mol. The summed E-state index contributed by atoms with van der Waals surface area (Å²) in [6.07, 6.45) is 8.42. The summed E-state index contributed by atoms with van der Waals surface area (Å²) in [5.74, 6) is 0. The Morgan fingerprint density at radius 2 is 2.00 bits per heavy atom. The highest BCUT2D eigenvalue weighted by Gasteiger charge is 2.10. The summed E-state index contributed by atoms with van der Waals surface area (Å²) in [6, 6.07) is 8.32. The Kier molecular flexibility index (Phi) is 4.20. The molecule has 0 radical (unpaired) electrons. The van der Waals surface area contributed by atoms with E-state index in [2.05, 4.69) is 6.08 Å². The SMILES string of the molecule is O=S(=O)(/C=C\OC1C=CCCC1)c1ccccc1. The Hall–Kier alpha value is -1.55. The molecule has 1 aliphatic rings. The van der Waals surface area contributed by atoms with Crippen LogP contribution in [0.15, 0.2) is 59.0 Å². The van der Waals surface area contributed by atoms with Gasteiger partial charge in [0.15, 0.2) is 0 Å². The van der Waals surface area contributed by atoms with Crippen molar-refractivity contribution >= 4 is 9.84 Å². The smallest absolute Gasteiger partial charge is 0.202 e. The van der Waals surface area contributed by atoms with Crippen LogP contribution in [-0.4, -0.2) is 14.5 Å². The molecule has 3 nitrogen and oxygen atoms in total. The zero-order chi connectivity index (χ0) is 12.8. The summed E-state index contributed by atoms with van der Waals surface area (Å²) in [4.78, 5) is 0.282. The van der Waals surface area contributed by atoms with Crippen LogP contribution in [0, 0.1) is 0 Å². The van der Waals surface area contributed by atoms with E-state index in [-0.39, 0.29) is 11.0 Å². The van der Waals surface area contributed by atoms with Crippen LogP contribution in [0.2, 0.25) is 0 Å². The van der Waals surface area contributed by atoms with Crippen LogP contribution in [0.1, 0.15) is 19.3 Å². The van der Waals surface area contributed by atoms with Crippen LogP contribution >= 0.6 is 0 Å². The van der Waals surface area contributed by atoms with Crippen LogP contribution in [-0.2, 0) is 14.6 Å². The van der Waals surface area contributed by atoms with Gasteiger partial charge in [-0.25, -0.2) is 8.42 Å². The van der Waals surface area contributed by atoms with Crippen molar-refractivity contribution in [2.75, 3.05) is 0 Å². The first-order valence-corrected chi connectivity index (χ1v) is 7.52. The van der Waals surface area contributed by atoms with E-state index >= 15 is 0 Å². The molecule has 2 rings (SSSR count). The fourth-order valence-corrected chi connectivity index (χ4v) is 2.69. The summed E-state index contributed by atoms with van der Waals surface area (Å²) in [6.45, 7) is 0. The van der Waals surface area contributed by atoms with Gasteiger partial charge in [-0.15, -0.1) is 0 Å². The molecule has 4 heteroatoms. The zero-order valence-electron chi connectivity index (χ0n) is 10.0. The molecule has 0 saturated carbocycles. The Balaban J connectivity index is 2.00. The second-order valence-corrected chi connectivity index (χ2v) is 6.00. The van der Waals surface area contributed by atoms with Gasteiger partial charge < -0.3 is 4.74 Å². The molecule has 0 aromatic heterocycles. The monoisotopic (exact) mass is 264 g/mol. The molecule has 0 N–H and O–H groups in total. The second-order valence-electron chi connectivity index (χ2n) is 4.16. The van der Waals surface area contributed by atoms with Crippen molar-refractivity contribution in [3.63, 3.8) is 0 Å². The summed E-state index contributed by atoms with van der Waals surface area (Å²) < 4.78 is 29.2. The number of hydrogen-bond acceptors (Lipinski definition) is 3. The van der Waals surface area contributed by atoms with Crippen molar-refractivity contribution in [1.29, 1.82) is 0 Å². The van der Waals surface area contributed by atoms with Crippen molar-refractivity contribution in [1.82, 2.24) is 0 Å². The van der Waals surface area contributed by atoms with Gasteiger partial charge in [0.05, 0.1) is 16.6 Å². The first kappa shape index (κ1) is 12.9. The predicted octanol–water partition coefficient (Wildman–Crippen LogP) is 3.06. The van der Waals surface area contributed by atoms with Gasteiger partial charge in [-0.3, -0.25) is 0 Å². The van der Waals surface area contributed by atoms with E-state index in [1.54, 1.807) is 30.3 Å². The number of sulfone groups is 1. The lowest BCUT2D eigenvalue weighted by atomic mass is 10.1. The van der Waals surface area contributed by atoms with Gasteiger partial charge in [0.1, 0.15) is 6.10 Å². The molecule has 1 aromatic carbocycles. The molecule has 0 saturated heterocycles. The lowest BCUT2D eigenvalue weighted by Gasteiger charge is -2.15. The van der Waals surface area contributed by atoms with Crippen molar-refractivity contribution in [3.05, 3.63) is 54.2 Å². The molecule has 0 fully saturated rings. The highest BCUT2D eigenvalue weighted by Crippen LogP contribution is 2.15. The second kappa shape index (κ2) is 5.87. The standard InChI is InChI=1S/C14H16O3S/c15-18(16,14-9-5-2-6-10-14)12-11-17-13-7-3-1-4-8-13/h2-3,5-7,9-13H,1,4,8H2/b12-11-. The van der Waals surface area contributed by atoms with Gasteiger partial charge in [0.25, 0.3) is 0 Å². The van der Waals surface area contributed by atoms with Crippen LogP contribution in [0.25, 0.3) is 0 Å². The topological polar surface area (TPSA) is 43.4 Å². The zero-order valence-corrected chi connectivity index (χ0v) is 10.8. The number of hydrogen-bond donors (Lipinski definition) is 0. The molecule has 1 unspecified atom stereocenters. The van der Waals surface area contributed by atoms with Gasteiger partial charge in [0, 0.05) is 0 Å². The third-order valence-corrected chi connectivity index (χ3v) is 4.17. The third-order valence-electron chi connectivity index (χ3n) is 2.77. The minimum Gasteiger partial charge on any atom is -0.493 e. The van der Waals surface area contributed by atoms with E-state index in [4.69, 9.17) is 4.74 Å². The van der Waals surface area contributed by atoms with Crippen LogP contribution in [0.4, 0.5) is 0 Å². The molecular formula is C14H16O3S. The molecule has 0 bridgehead atoms. The van der Waals surface area contributed by atoms with Gasteiger partial charge in [0.2, 0.25) is 9.84 Å². The van der Waals surface area contributed by atoms with Crippen molar-refractivity contribution < 1.29 is 13.2 Å². The van der Waals surface area contributed by atoms with E-state index in [1.807, 2.05) is 6.08 Å². The minimum atomic E-state index is -3.39. The Bertz CT molecular complexity index is 529. The number of allylic oxidation sites excluding steroid dienone is 1. The summed E-state index contributed by atoms with van der Waals surface area (Å²) in [5.41, 5.74) is 0.